The smallest absolute Gasteiger partial charge is 0.276 e. The van der Waals surface area contributed by atoms with Gasteiger partial charge in [0.2, 0.25) is 0 Å². The summed E-state index contributed by atoms with van der Waals surface area (Å²) in [7, 11) is 0. The van der Waals surface area contributed by atoms with Crippen LogP contribution in [0.3, 0.4) is 0 Å². The molecule has 2 unspecified atom stereocenters. The summed E-state index contributed by atoms with van der Waals surface area (Å²) >= 11 is 0. The number of hydrazine groups is 1. The Kier molecular flexibility index (Phi) is 8.52. The predicted molar refractivity (Wildman–Crippen MR) is 113 cm³/mol. The molecular formula is C23H30N2O4. The van der Waals surface area contributed by atoms with Crippen LogP contribution >= 0.6 is 0 Å². The molecule has 0 spiro atoms. The fourth-order valence-electron chi connectivity index (χ4n) is 2.62. The summed E-state index contributed by atoms with van der Waals surface area (Å²) < 4.78 is 11.3. The van der Waals surface area contributed by atoms with E-state index in [4.69, 9.17) is 9.47 Å². The minimum atomic E-state index is -0.436. The largest absolute Gasteiger partial charge is 0.491 e. The number of para-hydroxylation sites is 1. The quantitative estimate of drug-likeness (QED) is 0.620. The molecule has 2 atom stereocenters. The lowest BCUT2D eigenvalue weighted by atomic mass is 9.98. The van der Waals surface area contributed by atoms with Crippen LogP contribution < -0.4 is 20.3 Å². The molecule has 0 aliphatic heterocycles. The normalized spacial score (nSPS) is 12.6. The number of carbonyl (C=O) groups is 2. The van der Waals surface area contributed by atoms with E-state index in [1.807, 2.05) is 38.1 Å². The van der Waals surface area contributed by atoms with Gasteiger partial charge in [-0.3, -0.25) is 20.4 Å². The fraction of sp³-hybridized carbons (Fsp3) is 0.391. The zero-order valence-corrected chi connectivity index (χ0v) is 17.5. The van der Waals surface area contributed by atoms with Crippen LogP contribution in [0.15, 0.2) is 48.5 Å². The minimum Gasteiger partial charge on any atom is -0.491 e. The third-order valence-electron chi connectivity index (χ3n) is 4.77. The Morgan fingerprint density at radius 3 is 2.28 bits per heavy atom. The van der Waals surface area contributed by atoms with Crippen LogP contribution in [0.1, 0.15) is 62.4 Å². The van der Waals surface area contributed by atoms with Crippen LogP contribution in [0.2, 0.25) is 0 Å². The van der Waals surface area contributed by atoms with Crippen LogP contribution in [0.25, 0.3) is 0 Å². The maximum Gasteiger partial charge on any atom is 0.276 e. The van der Waals surface area contributed by atoms with Gasteiger partial charge in [0.15, 0.2) is 6.61 Å². The van der Waals surface area contributed by atoms with E-state index >= 15 is 0 Å². The van der Waals surface area contributed by atoms with E-state index in [1.165, 1.54) is 0 Å². The average Bonchev–Trinajstić information content (AvgIpc) is 2.76. The van der Waals surface area contributed by atoms with Crippen LogP contribution in [-0.4, -0.2) is 24.5 Å². The Labute approximate surface area is 172 Å². The Balaban J connectivity index is 1.83. The highest BCUT2D eigenvalue weighted by atomic mass is 16.5. The van der Waals surface area contributed by atoms with Gasteiger partial charge in [-0.05, 0) is 61.6 Å². The molecule has 6 nitrogen and oxygen atoms in total. The number of ether oxygens (including phenoxy) is 2. The third kappa shape index (κ3) is 6.82. The molecule has 156 valence electrons. The van der Waals surface area contributed by atoms with E-state index in [9.17, 15) is 9.59 Å². The zero-order valence-electron chi connectivity index (χ0n) is 17.5. The average molecular weight is 399 g/mol. The van der Waals surface area contributed by atoms with Crippen molar-refractivity contribution in [3.05, 3.63) is 59.7 Å². The predicted octanol–water partition coefficient (Wildman–Crippen LogP) is 4.22. The summed E-state index contributed by atoms with van der Waals surface area (Å²) in [6.45, 7) is 8.06. The summed E-state index contributed by atoms with van der Waals surface area (Å²) in [5, 5.41) is 0. The van der Waals surface area contributed by atoms with Crippen molar-refractivity contribution >= 4 is 11.8 Å². The van der Waals surface area contributed by atoms with E-state index in [0.717, 1.165) is 18.4 Å². The Hall–Kier alpha value is -3.02. The Bertz CT molecular complexity index is 805. The molecule has 0 saturated heterocycles. The molecule has 2 N–H and O–H groups in total. The van der Waals surface area contributed by atoms with E-state index in [-0.39, 0.29) is 12.7 Å². The number of carbonyl (C=O) groups excluding carboxylic acids is 2. The molecule has 0 saturated carbocycles. The molecule has 2 aromatic carbocycles. The molecule has 29 heavy (non-hydrogen) atoms. The molecule has 0 heterocycles. The minimum absolute atomic E-state index is 0.111. The molecule has 2 aromatic rings. The van der Waals surface area contributed by atoms with E-state index in [1.54, 1.807) is 24.3 Å². The van der Waals surface area contributed by atoms with Crippen LogP contribution in [0, 0.1) is 0 Å². The van der Waals surface area contributed by atoms with Crippen molar-refractivity contribution in [1.82, 2.24) is 10.9 Å². The van der Waals surface area contributed by atoms with Gasteiger partial charge < -0.3 is 9.47 Å². The summed E-state index contributed by atoms with van der Waals surface area (Å²) in [5.74, 6) is 0.872. The summed E-state index contributed by atoms with van der Waals surface area (Å²) in [4.78, 5) is 24.2. The van der Waals surface area contributed by atoms with Gasteiger partial charge in [-0.25, -0.2) is 0 Å². The van der Waals surface area contributed by atoms with Crippen molar-refractivity contribution in [2.75, 3.05) is 6.61 Å². The van der Waals surface area contributed by atoms with Crippen molar-refractivity contribution in [2.45, 2.75) is 52.6 Å². The van der Waals surface area contributed by atoms with Crippen molar-refractivity contribution in [2.24, 2.45) is 0 Å². The molecule has 0 aromatic heterocycles. The van der Waals surface area contributed by atoms with Gasteiger partial charge in [-0.1, -0.05) is 39.0 Å². The van der Waals surface area contributed by atoms with Gasteiger partial charge in [-0.15, -0.1) is 0 Å². The maximum absolute atomic E-state index is 12.2. The van der Waals surface area contributed by atoms with Crippen LogP contribution in [-0.2, 0) is 4.79 Å². The van der Waals surface area contributed by atoms with E-state index < -0.39 is 11.8 Å². The first-order valence-corrected chi connectivity index (χ1v) is 10.0. The van der Waals surface area contributed by atoms with Crippen molar-refractivity contribution in [3.63, 3.8) is 0 Å². The third-order valence-corrected chi connectivity index (χ3v) is 4.77. The summed E-state index contributed by atoms with van der Waals surface area (Å²) in [6, 6.07) is 14.4. The standard InChI is InChI=1S/C23H30N2O4/c1-5-16(3)20-9-7-8-10-21(20)28-15-22(26)24-25-23(27)18-11-13-19(14-12-18)29-17(4)6-2/h7-14,16-17H,5-6,15H2,1-4H3,(H,24,26)(H,25,27). The van der Waals surface area contributed by atoms with Gasteiger partial charge in [-0.2, -0.15) is 0 Å². The zero-order chi connectivity index (χ0) is 21.2. The summed E-state index contributed by atoms with van der Waals surface area (Å²) in [6.07, 6.45) is 1.99. The van der Waals surface area contributed by atoms with Gasteiger partial charge >= 0.3 is 0 Å². The Morgan fingerprint density at radius 1 is 0.931 bits per heavy atom. The second-order valence-electron chi connectivity index (χ2n) is 7.00. The highest BCUT2D eigenvalue weighted by Gasteiger charge is 2.12. The first-order valence-electron chi connectivity index (χ1n) is 10.0. The Morgan fingerprint density at radius 2 is 1.62 bits per heavy atom. The van der Waals surface area contributed by atoms with E-state index in [2.05, 4.69) is 24.7 Å². The van der Waals surface area contributed by atoms with Crippen LogP contribution in [0.4, 0.5) is 0 Å². The van der Waals surface area contributed by atoms with Gasteiger partial charge in [0, 0.05) is 5.56 Å². The molecule has 0 bridgehead atoms. The van der Waals surface area contributed by atoms with E-state index in [0.29, 0.717) is 23.0 Å². The van der Waals surface area contributed by atoms with Crippen molar-refractivity contribution < 1.29 is 19.1 Å². The molecule has 0 aliphatic carbocycles. The molecule has 0 fully saturated rings. The van der Waals surface area contributed by atoms with Crippen molar-refractivity contribution in [1.29, 1.82) is 0 Å². The lowest BCUT2D eigenvalue weighted by molar-refractivity contribution is -0.123. The molecule has 2 rings (SSSR count). The molecule has 0 radical (unpaired) electrons. The lowest BCUT2D eigenvalue weighted by Crippen LogP contribution is -2.43. The second kappa shape index (κ2) is 11.1. The highest BCUT2D eigenvalue weighted by Crippen LogP contribution is 2.28. The maximum atomic E-state index is 12.2. The molecule has 0 aliphatic rings. The number of amides is 2. The monoisotopic (exact) mass is 398 g/mol. The number of benzene rings is 2. The number of rotatable bonds is 9. The summed E-state index contributed by atoms with van der Waals surface area (Å²) in [5.41, 5.74) is 6.25. The fourth-order valence-corrected chi connectivity index (χ4v) is 2.62. The highest BCUT2D eigenvalue weighted by molar-refractivity contribution is 5.95. The first-order chi connectivity index (χ1) is 13.9. The van der Waals surface area contributed by atoms with Gasteiger partial charge in [0.25, 0.3) is 11.8 Å². The van der Waals surface area contributed by atoms with Gasteiger partial charge in [0.05, 0.1) is 6.10 Å². The SMILES string of the molecule is CCC(C)Oc1ccc(C(=O)NNC(=O)COc2ccccc2C(C)CC)cc1. The first kappa shape index (κ1) is 22.3. The number of hydrogen-bond acceptors (Lipinski definition) is 4. The molecule has 6 heteroatoms. The van der Waals surface area contributed by atoms with Gasteiger partial charge in [0.1, 0.15) is 11.5 Å². The lowest BCUT2D eigenvalue weighted by Gasteiger charge is -2.15. The van der Waals surface area contributed by atoms with Crippen molar-refractivity contribution in [3.8, 4) is 11.5 Å². The number of nitrogens with one attached hydrogen (secondary N) is 2. The number of hydrogen-bond donors (Lipinski definition) is 2. The topological polar surface area (TPSA) is 76.7 Å². The molecular weight excluding hydrogens is 368 g/mol. The van der Waals surface area contributed by atoms with Crippen LogP contribution in [0.5, 0.6) is 11.5 Å². The molecule has 2 amide bonds. The second-order valence-corrected chi connectivity index (χ2v) is 7.00.